The largest absolute Gasteiger partial charge is 0.408 e. The molecule has 1 saturated carbocycles. The lowest BCUT2D eigenvalue weighted by Crippen LogP contribution is -2.49. The maximum Gasteiger partial charge on any atom is 0.408 e. The van der Waals surface area contributed by atoms with E-state index in [1.807, 2.05) is 6.92 Å². The summed E-state index contributed by atoms with van der Waals surface area (Å²) in [4.78, 5) is 2.14. The van der Waals surface area contributed by atoms with Crippen molar-refractivity contribution < 1.29 is 18.3 Å². The molecule has 0 unspecified atom stereocenters. The highest BCUT2D eigenvalue weighted by Crippen LogP contribution is 2.41. The van der Waals surface area contributed by atoms with E-state index in [4.69, 9.17) is 0 Å². The molecule has 0 radical (unpaired) electrons. The molecule has 0 amide bonds. The Morgan fingerprint density at radius 1 is 1.25 bits per heavy atom. The number of halogens is 3. The van der Waals surface area contributed by atoms with Crippen LogP contribution in [0.15, 0.2) is 0 Å². The minimum absolute atomic E-state index is 0.153. The van der Waals surface area contributed by atoms with Crippen LogP contribution in [-0.2, 0) is 13.1 Å². The minimum atomic E-state index is -4.35. The van der Waals surface area contributed by atoms with Gasteiger partial charge in [0.15, 0.2) is 5.82 Å². The Kier molecular flexibility index (Phi) is 4.83. The molecule has 6 nitrogen and oxygen atoms in total. The van der Waals surface area contributed by atoms with Gasteiger partial charge in [-0.1, -0.05) is 12.8 Å². The molecule has 1 aliphatic carbocycles. The molecule has 1 saturated heterocycles. The SMILES string of the molecule is C[C@]1(O)CCCC[C@@H]1[C@@H]1CCCN1Cc1nnnn1CC(F)(F)F. The molecular formula is C15H24F3N5O. The molecule has 1 aromatic rings. The fourth-order valence-electron chi connectivity index (χ4n) is 4.26. The van der Waals surface area contributed by atoms with Crippen LogP contribution in [0.3, 0.4) is 0 Å². The maximum absolute atomic E-state index is 12.6. The van der Waals surface area contributed by atoms with Crippen molar-refractivity contribution in [1.29, 1.82) is 0 Å². The lowest BCUT2D eigenvalue weighted by atomic mass is 9.72. The Labute approximate surface area is 139 Å². The molecule has 2 aliphatic rings. The van der Waals surface area contributed by atoms with Crippen molar-refractivity contribution in [3.05, 3.63) is 5.82 Å². The quantitative estimate of drug-likeness (QED) is 0.904. The smallest absolute Gasteiger partial charge is 0.390 e. The summed E-state index contributed by atoms with van der Waals surface area (Å²) in [6.45, 7) is 1.81. The molecule has 24 heavy (non-hydrogen) atoms. The second-order valence-corrected chi connectivity index (χ2v) is 7.26. The van der Waals surface area contributed by atoms with Crippen molar-refractivity contribution >= 4 is 0 Å². The zero-order valence-corrected chi connectivity index (χ0v) is 13.8. The molecular weight excluding hydrogens is 323 g/mol. The van der Waals surface area contributed by atoms with Gasteiger partial charge < -0.3 is 5.11 Å². The minimum Gasteiger partial charge on any atom is -0.390 e. The first kappa shape index (κ1) is 17.6. The molecule has 0 spiro atoms. The third-order valence-electron chi connectivity index (χ3n) is 5.41. The molecule has 3 rings (SSSR count). The Balaban J connectivity index is 1.72. The highest BCUT2D eigenvalue weighted by molar-refractivity contribution is 4.98. The zero-order valence-electron chi connectivity index (χ0n) is 13.8. The van der Waals surface area contributed by atoms with Gasteiger partial charge in [-0.2, -0.15) is 13.2 Å². The average molecular weight is 347 g/mol. The van der Waals surface area contributed by atoms with Gasteiger partial charge in [0.05, 0.1) is 12.1 Å². The van der Waals surface area contributed by atoms with Crippen LogP contribution in [0.25, 0.3) is 0 Å². The van der Waals surface area contributed by atoms with Crippen LogP contribution in [0.5, 0.6) is 0 Å². The van der Waals surface area contributed by atoms with E-state index in [1.54, 1.807) is 0 Å². The van der Waals surface area contributed by atoms with E-state index in [9.17, 15) is 18.3 Å². The van der Waals surface area contributed by atoms with E-state index < -0.39 is 18.3 Å². The summed E-state index contributed by atoms with van der Waals surface area (Å²) >= 11 is 0. The summed E-state index contributed by atoms with van der Waals surface area (Å²) in [6, 6.07) is 0.177. The van der Waals surface area contributed by atoms with Gasteiger partial charge in [0.25, 0.3) is 0 Å². The molecule has 2 fully saturated rings. The van der Waals surface area contributed by atoms with Gasteiger partial charge in [0, 0.05) is 12.0 Å². The van der Waals surface area contributed by atoms with Gasteiger partial charge >= 0.3 is 6.18 Å². The van der Waals surface area contributed by atoms with E-state index in [2.05, 4.69) is 20.4 Å². The molecule has 0 aromatic carbocycles. The average Bonchev–Trinajstić information content (AvgIpc) is 3.08. The predicted octanol–water partition coefficient (Wildman–Crippen LogP) is 2.14. The topological polar surface area (TPSA) is 67.1 Å². The summed E-state index contributed by atoms with van der Waals surface area (Å²) in [7, 11) is 0. The number of aliphatic hydroxyl groups is 1. The first-order chi connectivity index (χ1) is 11.3. The van der Waals surface area contributed by atoms with E-state index in [-0.39, 0.29) is 17.8 Å². The number of hydrogen-bond donors (Lipinski definition) is 1. The third kappa shape index (κ3) is 3.88. The highest BCUT2D eigenvalue weighted by atomic mass is 19.4. The highest BCUT2D eigenvalue weighted by Gasteiger charge is 2.43. The Morgan fingerprint density at radius 3 is 2.75 bits per heavy atom. The lowest BCUT2D eigenvalue weighted by molar-refractivity contribution is -0.143. The van der Waals surface area contributed by atoms with Crippen molar-refractivity contribution in [1.82, 2.24) is 25.1 Å². The van der Waals surface area contributed by atoms with Crippen molar-refractivity contribution in [2.24, 2.45) is 5.92 Å². The van der Waals surface area contributed by atoms with Gasteiger partial charge in [-0.05, 0) is 49.6 Å². The van der Waals surface area contributed by atoms with E-state index in [0.29, 0.717) is 6.54 Å². The van der Waals surface area contributed by atoms with Crippen molar-refractivity contribution in [3.8, 4) is 0 Å². The first-order valence-electron chi connectivity index (χ1n) is 8.54. The fourth-order valence-corrected chi connectivity index (χ4v) is 4.26. The van der Waals surface area contributed by atoms with Crippen LogP contribution in [0, 0.1) is 5.92 Å². The van der Waals surface area contributed by atoms with Gasteiger partial charge in [0.1, 0.15) is 6.54 Å². The van der Waals surface area contributed by atoms with E-state index >= 15 is 0 Å². The maximum atomic E-state index is 12.6. The molecule has 3 atom stereocenters. The Bertz CT molecular complexity index is 560. The van der Waals surface area contributed by atoms with Gasteiger partial charge in [-0.25, -0.2) is 4.68 Å². The van der Waals surface area contributed by atoms with Crippen LogP contribution in [0.1, 0.15) is 51.3 Å². The number of hydrogen-bond acceptors (Lipinski definition) is 5. The number of likely N-dealkylation sites (tertiary alicyclic amines) is 1. The van der Waals surface area contributed by atoms with Crippen molar-refractivity contribution in [3.63, 3.8) is 0 Å². The zero-order chi connectivity index (χ0) is 17.4. The monoisotopic (exact) mass is 347 g/mol. The standard InChI is InChI=1S/C15H24F3N5O/c1-14(24)7-3-2-5-11(14)12-6-4-8-22(12)9-13-19-20-21-23(13)10-15(16,17)18/h11-12,24H,2-10H2,1H3/t11-,12+,14+/m1/s1. The summed E-state index contributed by atoms with van der Waals surface area (Å²) in [6.07, 6.45) is 1.47. The second-order valence-electron chi connectivity index (χ2n) is 7.26. The molecule has 0 bridgehead atoms. The van der Waals surface area contributed by atoms with Gasteiger partial charge in [-0.15, -0.1) is 5.10 Å². The van der Waals surface area contributed by atoms with Crippen LogP contribution >= 0.6 is 0 Å². The summed E-state index contributed by atoms with van der Waals surface area (Å²) in [5.41, 5.74) is -0.705. The van der Waals surface area contributed by atoms with Crippen molar-refractivity contribution in [2.45, 2.75) is 76.4 Å². The number of tetrazole rings is 1. The molecule has 1 N–H and O–H groups in total. The summed E-state index contributed by atoms with van der Waals surface area (Å²) in [5, 5.41) is 21.4. The van der Waals surface area contributed by atoms with Gasteiger partial charge in [0.2, 0.25) is 0 Å². The lowest BCUT2D eigenvalue weighted by Gasteiger charge is -2.43. The number of rotatable bonds is 4. The number of alkyl halides is 3. The Morgan fingerprint density at radius 2 is 2.04 bits per heavy atom. The number of nitrogens with zero attached hydrogens (tertiary/aromatic N) is 5. The molecule has 2 heterocycles. The molecule has 9 heteroatoms. The molecule has 136 valence electrons. The number of aromatic nitrogens is 4. The molecule has 1 aromatic heterocycles. The normalized spacial score (nSPS) is 32.4. The van der Waals surface area contributed by atoms with Crippen LogP contribution in [0.4, 0.5) is 13.2 Å². The second kappa shape index (κ2) is 6.59. The fraction of sp³-hybridized carbons (Fsp3) is 0.933. The van der Waals surface area contributed by atoms with E-state index in [1.165, 1.54) is 0 Å². The summed E-state index contributed by atoms with van der Waals surface area (Å²) < 4.78 is 38.7. The first-order valence-corrected chi connectivity index (χ1v) is 8.54. The van der Waals surface area contributed by atoms with E-state index in [0.717, 1.165) is 49.8 Å². The van der Waals surface area contributed by atoms with Gasteiger partial charge in [-0.3, -0.25) is 4.90 Å². The Hall–Kier alpha value is -1.22. The van der Waals surface area contributed by atoms with Crippen LogP contribution in [0.2, 0.25) is 0 Å². The van der Waals surface area contributed by atoms with Crippen LogP contribution in [-0.4, -0.2) is 54.6 Å². The third-order valence-corrected chi connectivity index (χ3v) is 5.41. The molecule has 1 aliphatic heterocycles. The predicted molar refractivity (Wildman–Crippen MR) is 79.9 cm³/mol. The summed E-state index contributed by atoms with van der Waals surface area (Å²) in [5.74, 6) is 0.385. The van der Waals surface area contributed by atoms with Crippen LogP contribution < -0.4 is 0 Å². The van der Waals surface area contributed by atoms with Crippen molar-refractivity contribution in [2.75, 3.05) is 6.54 Å².